The highest BCUT2D eigenvalue weighted by atomic mass is 15.0. The zero-order valence-corrected chi connectivity index (χ0v) is 24.4. The fourth-order valence-corrected chi connectivity index (χ4v) is 6.23. The highest BCUT2D eigenvalue weighted by molar-refractivity contribution is 6.23. The number of aromatic nitrogens is 7. The van der Waals surface area contributed by atoms with Gasteiger partial charge in [-0.05, 0) is 59.3 Å². The summed E-state index contributed by atoms with van der Waals surface area (Å²) in [7, 11) is 0. The molecule has 7 nitrogen and oxygen atoms in total. The first kappa shape index (κ1) is 26.0. The van der Waals surface area contributed by atoms with Gasteiger partial charge in [-0.15, -0.1) is 0 Å². The number of nitrogens with zero attached hydrogens (tertiary/aromatic N) is 7. The monoisotopic (exact) mass is 589 g/mol. The maximum atomic E-state index is 5.25. The predicted molar refractivity (Wildman–Crippen MR) is 183 cm³/mol. The van der Waals surface area contributed by atoms with Gasteiger partial charge in [-0.1, -0.05) is 60.7 Å². The summed E-state index contributed by atoms with van der Waals surface area (Å²) in [5.74, 6) is 1.61. The van der Waals surface area contributed by atoms with Crippen LogP contribution >= 0.6 is 0 Å². The first-order valence-electron chi connectivity index (χ1n) is 15.0. The summed E-state index contributed by atoms with van der Waals surface area (Å²) < 4.78 is 0. The molecule has 0 radical (unpaired) electrons. The van der Waals surface area contributed by atoms with Crippen LogP contribution in [0.4, 0.5) is 0 Å². The molecule has 0 bridgehead atoms. The minimum Gasteiger partial charge on any atom is -0.264 e. The van der Waals surface area contributed by atoms with E-state index in [-0.39, 0.29) is 0 Å². The Hall–Kier alpha value is -6.47. The smallest absolute Gasteiger partial charge is 0.165 e. The van der Waals surface area contributed by atoms with E-state index in [1.54, 1.807) is 24.8 Å². The normalized spacial score (nSPS) is 11.5. The Kier molecular flexibility index (Phi) is 5.99. The highest BCUT2D eigenvalue weighted by Gasteiger charge is 2.19. The second kappa shape index (κ2) is 10.6. The minimum atomic E-state index is 0.534. The molecule has 0 fully saturated rings. The summed E-state index contributed by atoms with van der Waals surface area (Å²) in [4.78, 5) is 33.5. The average molecular weight is 590 g/mol. The summed E-state index contributed by atoms with van der Waals surface area (Å²) in [5, 5.41) is 6.71. The lowest BCUT2D eigenvalue weighted by Gasteiger charge is -2.15. The molecule has 0 saturated heterocycles. The van der Waals surface area contributed by atoms with Crippen molar-refractivity contribution in [2.45, 2.75) is 0 Å². The van der Waals surface area contributed by atoms with Gasteiger partial charge >= 0.3 is 0 Å². The topological polar surface area (TPSA) is 90.2 Å². The minimum absolute atomic E-state index is 0.534. The summed E-state index contributed by atoms with van der Waals surface area (Å²) in [6.45, 7) is 0. The van der Waals surface area contributed by atoms with Gasteiger partial charge in [0, 0.05) is 74.8 Å². The van der Waals surface area contributed by atoms with Crippen molar-refractivity contribution in [1.82, 2.24) is 34.9 Å². The maximum absolute atomic E-state index is 5.25. The number of hydrogen-bond acceptors (Lipinski definition) is 7. The van der Waals surface area contributed by atoms with E-state index in [4.69, 9.17) is 24.9 Å². The Bertz CT molecular complexity index is 2510. The van der Waals surface area contributed by atoms with Crippen LogP contribution in [0, 0.1) is 0 Å². The second-order valence-corrected chi connectivity index (χ2v) is 11.0. The molecule has 0 N–H and O–H groups in total. The molecule has 0 aliphatic heterocycles. The van der Waals surface area contributed by atoms with Gasteiger partial charge in [0.25, 0.3) is 0 Å². The predicted octanol–water partition coefficient (Wildman–Crippen LogP) is 8.73. The molecule has 0 aliphatic carbocycles. The van der Waals surface area contributed by atoms with Crippen molar-refractivity contribution in [3.8, 4) is 45.4 Å². The van der Waals surface area contributed by atoms with Crippen LogP contribution in [-0.4, -0.2) is 34.9 Å². The third-order valence-corrected chi connectivity index (χ3v) is 8.33. The summed E-state index contributed by atoms with van der Waals surface area (Å²) in [5.41, 5.74) is 6.04. The van der Waals surface area contributed by atoms with E-state index in [0.717, 1.165) is 55.1 Å². The Labute approximate surface area is 263 Å². The lowest BCUT2D eigenvalue weighted by Crippen LogP contribution is -2.01. The molecule has 214 valence electrons. The van der Waals surface area contributed by atoms with Crippen molar-refractivity contribution in [1.29, 1.82) is 0 Å². The molecule has 0 spiro atoms. The van der Waals surface area contributed by atoms with Crippen LogP contribution in [0.1, 0.15) is 0 Å². The SMILES string of the molecule is c1cncc(-c2nc(-c3cccnc3)nc(-c3ccc(-c4nc5ccccc5c5c4ccc4ccccc45)c4ncccc34)n2)c1. The van der Waals surface area contributed by atoms with Crippen molar-refractivity contribution in [2.24, 2.45) is 0 Å². The highest BCUT2D eigenvalue weighted by Crippen LogP contribution is 2.40. The van der Waals surface area contributed by atoms with Crippen LogP contribution in [0.3, 0.4) is 0 Å². The van der Waals surface area contributed by atoms with Crippen LogP contribution in [0.15, 0.2) is 140 Å². The first-order valence-corrected chi connectivity index (χ1v) is 15.0. The van der Waals surface area contributed by atoms with E-state index in [9.17, 15) is 0 Å². The van der Waals surface area contributed by atoms with Crippen molar-refractivity contribution in [2.75, 3.05) is 0 Å². The number of pyridine rings is 4. The van der Waals surface area contributed by atoms with Gasteiger partial charge in [-0.25, -0.2) is 19.9 Å². The number of para-hydroxylation sites is 1. The van der Waals surface area contributed by atoms with Crippen LogP contribution in [-0.2, 0) is 0 Å². The number of fused-ring (bicyclic) bond motifs is 6. The summed E-state index contributed by atoms with van der Waals surface area (Å²) in [6.07, 6.45) is 8.81. The van der Waals surface area contributed by atoms with Gasteiger partial charge in [-0.2, -0.15) is 0 Å². The summed E-state index contributed by atoms with van der Waals surface area (Å²) in [6, 6.07) is 37.0. The van der Waals surface area contributed by atoms with Gasteiger partial charge in [0.2, 0.25) is 0 Å². The fraction of sp³-hybridized carbons (Fsp3) is 0. The number of rotatable bonds is 4. The summed E-state index contributed by atoms with van der Waals surface area (Å²) >= 11 is 0. The van der Waals surface area contributed by atoms with E-state index in [1.807, 2.05) is 42.6 Å². The molecule has 9 aromatic rings. The molecule has 0 unspecified atom stereocenters. The third kappa shape index (κ3) is 4.25. The molecule has 0 saturated carbocycles. The molecule has 5 heterocycles. The molecular weight excluding hydrogens is 566 g/mol. The second-order valence-electron chi connectivity index (χ2n) is 11.0. The number of benzene rings is 4. The van der Waals surface area contributed by atoms with Crippen LogP contribution in [0.2, 0.25) is 0 Å². The Balaban J connectivity index is 1.31. The molecule has 9 rings (SSSR count). The van der Waals surface area contributed by atoms with Crippen LogP contribution < -0.4 is 0 Å². The van der Waals surface area contributed by atoms with E-state index in [1.165, 1.54) is 16.2 Å². The number of hydrogen-bond donors (Lipinski definition) is 0. The molecule has 0 amide bonds. The van der Waals surface area contributed by atoms with Crippen molar-refractivity contribution in [3.05, 3.63) is 140 Å². The Morgan fingerprint density at radius 3 is 1.83 bits per heavy atom. The third-order valence-electron chi connectivity index (χ3n) is 8.33. The molecule has 0 aliphatic rings. The van der Waals surface area contributed by atoms with Crippen molar-refractivity contribution >= 4 is 43.4 Å². The Morgan fingerprint density at radius 2 is 1.07 bits per heavy atom. The van der Waals surface area contributed by atoms with Gasteiger partial charge in [0.05, 0.1) is 16.7 Å². The van der Waals surface area contributed by atoms with E-state index in [0.29, 0.717) is 17.5 Å². The van der Waals surface area contributed by atoms with Gasteiger partial charge in [0.15, 0.2) is 17.5 Å². The lowest BCUT2D eigenvalue weighted by molar-refractivity contribution is 1.07. The van der Waals surface area contributed by atoms with E-state index >= 15 is 0 Å². The lowest BCUT2D eigenvalue weighted by atomic mass is 9.93. The molecule has 46 heavy (non-hydrogen) atoms. The molecule has 0 atom stereocenters. The van der Waals surface area contributed by atoms with Crippen LogP contribution in [0.5, 0.6) is 0 Å². The first-order chi connectivity index (χ1) is 22.8. The zero-order valence-electron chi connectivity index (χ0n) is 24.4. The van der Waals surface area contributed by atoms with Gasteiger partial charge < -0.3 is 0 Å². The average Bonchev–Trinajstić information content (AvgIpc) is 3.14. The largest absolute Gasteiger partial charge is 0.264 e. The molecule has 4 aromatic carbocycles. The molecule has 7 heteroatoms. The van der Waals surface area contributed by atoms with E-state index < -0.39 is 0 Å². The molecular formula is C39H23N7. The van der Waals surface area contributed by atoms with E-state index in [2.05, 4.69) is 82.8 Å². The van der Waals surface area contributed by atoms with Crippen molar-refractivity contribution in [3.63, 3.8) is 0 Å². The van der Waals surface area contributed by atoms with Gasteiger partial charge in [-0.3, -0.25) is 15.0 Å². The van der Waals surface area contributed by atoms with Crippen LogP contribution in [0.25, 0.3) is 88.8 Å². The standard InChI is InChI=1S/C39H23N7/c1-2-11-27-24(8-1)15-16-31-34(27)30-12-3-4-14-33(30)43-36(31)32-18-17-29(28-13-7-21-42-35(28)32)39-45-37(25-9-5-19-40-22-25)44-38(46-39)26-10-6-20-41-23-26/h1-23H. The van der Waals surface area contributed by atoms with Gasteiger partial charge in [0.1, 0.15) is 0 Å². The zero-order chi connectivity index (χ0) is 30.5. The molecule has 5 aromatic heterocycles. The maximum Gasteiger partial charge on any atom is 0.165 e. The quantitative estimate of drug-likeness (QED) is 0.190. The fourth-order valence-electron chi connectivity index (χ4n) is 6.23. The Morgan fingerprint density at radius 1 is 0.413 bits per heavy atom. The van der Waals surface area contributed by atoms with Crippen molar-refractivity contribution < 1.29 is 0 Å².